The Kier molecular flexibility index (Phi) is 3.06. The summed E-state index contributed by atoms with van der Waals surface area (Å²) in [4.78, 5) is 3.75. The Morgan fingerprint density at radius 1 is 1.22 bits per heavy atom. The zero-order valence-electron chi connectivity index (χ0n) is 9.03. The first-order valence-electron chi connectivity index (χ1n) is 4.98. The van der Waals surface area contributed by atoms with Gasteiger partial charge in [-0.25, -0.2) is 4.98 Å². The fourth-order valence-corrected chi connectivity index (χ4v) is 1.54. The summed E-state index contributed by atoms with van der Waals surface area (Å²) < 4.78 is 40.9. The lowest BCUT2D eigenvalue weighted by molar-refractivity contribution is -0.153. The van der Waals surface area contributed by atoms with Crippen molar-refractivity contribution in [1.82, 2.24) is 4.98 Å². The van der Waals surface area contributed by atoms with Crippen molar-refractivity contribution in [3.05, 3.63) is 36.0 Å². The van der Waals surface area contributed by atoms with E-state index in [1.54, 1.807) is 24.3 Å². The standard InChI is InChI=1S/C12H7F3N2O/c13-12(14,15)7-18-11-10-3-1-2-8(6-16)9(10)4-5-17-11/h1-5H,7H2. The molecule has 0 N–H and O–H groups in total. The first-order chi connectivity index (χ1) is 8.51. The molecule has 0 atom stereocenters. The molecule has 92 valence electrons. The van der Waals surface area contributed by atoms with Crippen molar-refractivity contribution < 1.29 is 17.9 Å². The lowest BCUT2D eigenvalue weighted by Gasteiger charge is -2.10. The quantitative estimate of drug-likeness (QED) is 0.825. The molecule has 1 aromatic carbocycles. The van der Waals surface area contributed by atoms with Crippen molar-refractivity contribution in [2.24, 2.45) is 0 Å². The first kappa shape index (κ1) is 12.2. The number of rotatable bonds is 2. The molecule has 0 fully saturated rings. The summed E-state index contributed by atoms with van der Waals surface area (Å²) in [5, 5.41) is 9.80. The Hall–Kier alpha value is -2.29. The highest BCUT2D eigenvalue weighted by molar-refractivity contribution is 5.91. The van der Waals surface area contributed by atoms with Crippen LogP contribution in [-0.2, 0) is 0 Å². The third kappa shape index (κ3) is 2.51. The number of nitrogens with zero attached hydrogens (tertiary/aromatic N) is 2. The van der Waals surface area contributed by atoms with Crippen molar-refractivity contribution in [2.75, 3.05) is 6.61 Å². The van der Waals surface area contributed by atoms with Crippen LogP contribution in [-0.4, -0.2) is 17.8 Å². The molecule has 0 amide bonds. The Labute approximate surface area is 100 Å². The largest absolute Gasteiger partial charge is 0.468 e. The smallest absolute Gasteiger partial charge is 0.422 e. The highest BCUT2D eigenvalue weighted by Crippen LogP contribution is 2.26. The van der Waals surface area contributed by atoms with E-state index in [1.807, 2.05) is 6.07 Å². The van der Waals surface area contributed by atoms with Crippen LogP contribution in [0.2, 0.25) is 0 Å². The predicted octanol–water partition coefficient (Wildman–Crippen LogP) is 3.05. The molecule has 0 aliphatic carbocycles. The predicted molar refractivity (Wildman–Crippen MR) is 58.0 cm³/mol. The Morgan fingerprint density at radius 2 is 2.00 bits per heavy atom. The fraction of sp³-hybridized carbons (Fsp3) is 0.167. The number of pyridine rings is 1. The molecule has 0 unspecified atom stereocenters. The van der Waals surface area contributed by atoms with Crippen LogP contribution in [0.3, 0.4) is 0 Å². The molecule has 6 heteroatoms. The van der Waals surface area contributed by atoms with E-state index in [4.69, 9.17) is 5.26 Å². The number of hydrogen-bond acceptors (Lipinski definition) is 3. The number of hydrogen-bond donors (Lipinski definition) is 0. The second-order valence-corrected chi connectivity index (χ2v) is 3.53. The monoisotopic (exact) mass is 252 g/mol. The van der Waals surface area contributed by atoms with Gasteiger partial charge in [0.2, 0.25) is 5.88 Å². The number of benzene rings is 1. The maximum Gasteiger partial charge on any atom is 0.422 e. The van der Waals surface area contributed by atoms with Gasteiger partial charge in [-0.15, -0.1) is 0 Å². The van der Waals surface area contributed by atoms with Crippen LogP contribution in [0.25, 0.3) is 10.8 Å². The van der Waals surface area contributed by atoms with Crippen LogP contribution in [0, 0.1) is 11.3 Å². The highest BCUT2D eigenvalue weighted by atomic mass is 19.4. The molecule has 2 aromatic rings. The van der Waals surface area contributed by atoms with E-state index in [9.17, 15) is 13.2 Å². The van der Waals surface area contributed by atoms with Crippen LogP contribution >= 0.6 is 0 Å². The minimum Gasteiger partial charge on any atom is -0.468 e. The summed E-state index contributed by atoms with van der Waals surface area (Å²) in [6.07, 6.45) is -3.11. The highest BCUT2D eigenvalue weighted by Gasteiger charge is 2.29. The lowest BCUT2D eigenvalue weighted by atomic mass is 10.1. The molecule has 0 spiro atoms. The van der Waals surface area contributed by atoms with Crippen molar-refractivity contribution in [3.63, 3.8) is 0 Å². The van der Waals surface area contributed by atoms with Crippen LogP contribution in [0.1, 0.15) is 5.56 Å². The number of halogens is 3. The van der Waals surface area contributed by atoms with E-state index in [1.165, 1.54) is 6.20 Å². The van der Waals surface area contributed by atoms with Crippen molar-refractivity contribution in [1.29, 1.82) is 5.26 Å². The van der Waals surface area contributed by atoms with E-state index >= 15 is 0 Å². The van der Waals surface area contributed by atoms with Gasteiger partial charge in [-0.05, 0) is 18.2 Å². The van der Waals surface area contributed by atoms with Gasteiger partial charge < -0.3 is 4.74 Å². The summed E-state index contributed by atoms with van der Waals surface area (Å²) in [5.74, 6) is -0.123. The Bertz CT molecular complexity index is 617. The summed E-state index contributed by atoms with van der Waals surface area (Å²) in [5.41, 5.74) is 0.367. The zero-order chi connectivity index (χ0) is 13.2. The third-order valence-electron chi connectivity index (χ3n) is 2.26. The van der Waals surface area contributed by atoms with E-state index in [0.29, 0.717) is 16.3 Å². The van der Waals surface area contributed by atoms with Gasteiger partial charge in [0.15, 0.2) is 6.61 Å². The van der Waals surface area contributed by atoms with E-state index < -0.39 is 12.8 Å². The van der Waals surface area contributed by atoms with Gasteiger partial charge in [0.1, 0.15) is 0 Å². The summed E-state index contributed by atoms with van der Waals surface area (Å²) in [6.45, 7) is -1.41. The number of fused-ring (bicyclic) bond motifs is 1. The van der Waals surface area contributed by atoms with E-state index in [0.717, 1.165) is 0 Å². The zero-order valence-corrected chi connectivity index (χ0v) is 9.03. The van der Waals surface area contributed by atoms with Gasteiger partial charge in [-0.1, -0.05) is 6.07 Å². The summed E-state index contributed by atoms with van der Waals surface area (Å²) >= 11 is 0. The molecule has 0 radical (unpaired) electrons. The van der Waals surface area contributed by atoms with Crippen molar-refractivity contribution in [2.45, 2.75) is 6.18 Å². The second kappa shape index (κ2) is 4.53. The topological polar surface area (TPSA) is 45.9 Å². The van der Waals surface area contributed by atoms with Crippen LogP contribution < -0.4 is 4.74 Å². The minimum atomic E-state index is -4.42. The molecule has 0 aliphatic heterocycles. The van der Waals surface area contributed by atoms with Crippen molar-refractivity contribution in [3.8, 4) is 11.9 Å². The first-order valence-corrected chi connectivity index (χ1v) is 4.98. The van der Waals surface area contributed by atoms with E-state index in [2.05, 4.69) is 9.72 Å². The van der Waals surface area contributed by atoms with Gasteiger partial charge in [-0.3, -0.25) is 0 Å². The lowest BCUT2D eigenvalue weighted by Crippen LogP contribution is -2.19. The maximum absolute atomic E-state index is 12.1. The van der Waals surface area contributed by atoms with E-state index in [-0.39, 0.29) is 5.88 Å². The van der Waals surface area contributed by atoms with Gasteiger partial charge in [0, 0.05) is 17.0 Å². The molecule has 18 heavy (non-hydrogen) atoms. The van der Waals surface area contributed by atoms with Gasteiger partial charge in [-0.2, -0.15) is 18.4 Å². The molecule has 0 saturated heterocycles. The molecule has 3 nitrogen and oxygen atoms in total. The molecule has 0 aliphatic rings. The number of nitriles is 1. The molecule has 2 rings (SSSR count). The molecule has 1 aromatic heterocycles. The van der Waals surface area contributed by atoms with Crippen LogP contribution in [0.5, 0.6) is 5.88 Å². The molecular formula is C12H7F3N2O. The maximum atomic E-state index is 12.1. The van der Waals surface area contributed by atoms with Crippen LogP contribution in [0.4, 0.5) is 13.2 Å². The number of alkyl halides is 3. The summed E-state index contributed by atoms with van der Waals surface area (Å²) in [6, 6.07) is 8.24. The Morgan fingerprint density at radius 3 is 2.67 bits per heavy atom. The summed E-state index contributed by atoms with van der Waals surface area (Å²) in [7, 11) is 0. The molecular weight excluding hydrogens is 245 g/mol. The minimum absolute atomic E-state index is 0.123. The van der Waals surface area contributed by atoms with Crippen LogP contribution in [0.15, 0.2) is 30.5 Å². The average molecular weight is 252 g/mol. The average Bonchev–Trinajstić information content (AvgIpc) is 2.34. The normalized spacial score (nSPS) is 11.2. The SMILES string of the molecule is N#Cc1cccc2c(OCC(F)(F)F)nccc12. The molecule has 1 heterocycles. The van der Waals surface area contributed by atoms with Gasteiger partial charge in [0.05, 0.1) is 11.6 Å². The molecule has 0 saturated carbocycles. The number of aromatic nitrogens is 1. The fourth-order valence-electron chi connectivity index (χ4n) is 1.54. The van der Waals surface area contributed by atoms with Crippen molar-refractivity contribution >= 4 is 10.8 Å². The number of ether oxygens (including phenoxy) is 1. The Balaban J connectivity index is 2.44. The third-order valence-corrected chi connectivity index (χ3v) is 2.26. The molecule has 0 bridgehead atoms. The second-order valence-electron chi connectivity index (χ2n) is 3.53. The van der Waals surface area contributed by atoms with Gasteiger partial charge in [0.25, 0.3) is 0 Å². The van der Waals surface area contributed by atoms with Gasteiger partial charge >= 0.3 is 6.18 Å².